The Hall–Kier alpha value is -0.870. The van der Waals surface area contributed by atoms with Crippen LogP contribution in [0.5, 0.6) is 0 Å². The first-order valence-corrected chi connectivity index (χ1v) is 10.8. The summed E-state index contributed by atoms with van der Waals surface area (Å²) >= 11 is 2.69. The first kappa shape index (κ1) is 21.4. The Kier molecular flexibility index (Phi) is 7.32. The molecular weight excluding hydrogens is 407 g/mol. The maximum absolute atomic E-state index is 12.8. The van der Waals surface area contributed by atoms with Gasteiger partial charge in [0.05, 0.1) is 11.7 Å². The van der Waals surface area contributed by atoms with Crippen LogP contribution >= 0.6 is 35.3 Å². The molecule has 144 valence electrons. The third-order valence-electron chi connectivity index (χ3n) is 3.84. The van der Waals surface area contributed by atoms with Crippen molar-refractivity contribution in [2.75, 3.05) is 23.8 Å². The lowest BCUT2D eigenvalue weighted by Crippen LogP contribution is -2.43. The number of thioether (sulfide) groups is 3. The maximum atomic E-state index is 12.8. The van der Waals surface area contributed by atoms with Gasteiger partial charge < -0.3 is 0 Å². The first-order valence-electron chi connectivity index (χ1n) is 7.84. The molecular formula is C16H18F3NO3S3. The third kappa shape index (κ3) is 5.56. The molecule has 10 heteroatoms. The minimum atomic E-state index is -4.46. The van der Waals surface area contributed by atoms with Crippen LogP contribution in [0.4, 0.5) is 13.2 Å². The molecule has 1 saturated heterocycles. The molecule has 0 saturated carbocycles. The largest absolute Gasteiger partial charge is 0.398 e. The molecule has 26 heavy (non-hydrogen) atoms. The number of hydrogen-bond acceptors (Lipinski definition) is 6. The summed E-state index contributed by atoms with van der Waals surface area (Å²) in [5, 5.41) is 10.6. The highest BCUT2D eigenvalue weighted by molar-refractivity contribution is 8.25. The summed E-state index contributed by atoms with van der Waals surface area (Å²) in [4.78, 5) is 23.6. The summed E-state index contributed by atoms with van der Waals surface area (Å²) < 4.78 is 36.5. The highest BCUT2D eigenvalue weighted by Crippen LogP contribution is 2.54. The van der Waals surface area contributed by atoms with Crippen LogP contribution in [0.15, 0.2) is 24.3 Å². The highest BCUT2D eigenvalue weighted by atomic mass is 32.2. The number of aryl methyl sites for hydroxylation is 1. The minimum absolute atomic E-state index is 0.214. The van der Waals surface area contributed by atoms with E-state index in [0.717, 1.165) is 12.0 Å². The second kappa shape index (κ2) is 8.88. The average Bonchev–Trinajstić information content (AvgIpc) is 2.58. The number of halogens is 3. The molecule has 0 radical (unpaired) electrons. The zero-order valence-corrected chi connectivity index (χ0v) is 16.4. The summed E-state index contributed by atoms with van der Waals surface area (Å²) in [5.41, 5.74) is 1.57. The van der Waals surface area contributed by atoms with Crippen molar-refractivity contribution >= 4 is 40.4 Å². The number of rotatable bonds is 6. The van der Waals surface area contributed by atoms with Crippen molar-refractivity contribution in [3.8, 4) is 0 Å². The fourth-order valence-corrected chi connectivity index (χ4v) is 7.25. The molecule has 0 aliphatic carbocycles. The van der Waals surface area contributed by atoms with E-state index in [1.165, 1.54) is 23.5 Å². The van der Waals surface area contributed by atoms with Crippen LogP contribution in [0.25, 0.3) is 0 Å². The standard InChI is InChI=1S/C16H18F3NO3S3/c1-11-3-5-12(6-4-11)13(9-20(22)23)16(25-7-2-8-26-16)14(21)24-10-15(17,18)19/h3-6,13H,2,7-10H2,1H3/t13-/m1/s1. The van der Waals surface area contributed by atoms with E-state index in [1.54, 1.807) is 24.3 Å². The van der Waals surface area contributed by atoms with Crippen molar-refractivity contribution in [1.29, 1.82) is 0 Å². The van der Waals surface area contributed by atoms with Crippen LogP contribution < -0.4 is 0 Å². The molecule has 0 spiro atoms. The molecule has 0 bridgehead atoms. The zero-order valence-electron chi connectivity index (χ0n) is 14.0. The van der Waals surface area contributed by atoms with E-state index in [9.17, 15) is 28.1 Å². The number of benzene rings is 1. The monoisotopic (exact) mass is 425 g/mol. The number of alkyl halides is 3. The van der Waals surface area contributed by atoms with E-state index in [4.69, 9.17) is 0 Å². The molecule has 1 fully saturated rings. The summed E-state index contributed by atoms with van der Waals surface area (Å²) in [7, 11) is 0. The number of nitro groups is 1. The van der Waals surface area contributed by atoms with Gasteiger partial charge in [-0.15, -0.1) is 23.5 Å². The summed E-state index contributed by atoms with van der Waals surface area (Å²) in [6.07, 6.45) is -3.65. The van der Waals surface area contributed by atoms with Crippen LogP contribution in [-0.4, -0.2) is 44.1 Å². The second-order valence-corrected chi connectivity index (χ2v) is 9.78. The summed E-state index contributed by atoms with van der Waals surface area (Å²) in [5.74, 6) is -0.897. The Bertz CT molecular complexity index is 646. The fourth-order valence-electron chi connectivity index (χ4n) is 2.65. The van der Waals surface area contributed by atoms with Crippen molar-refractivity contribution in [1.82, 2.24) is 0 Å². The molecule has 0 amide bonds. The molecule has 1 atom stereocenters. The van der Waals surface area contributed by atoms with E-state index in [-0.39, 0.29) is 11.8 Å². The van der Waals surface area contributed by atoms with Gasteiger partial charge in [0.25, 0.3) is 0 Å². The Morgan fingerprint density at radius 1 is 1.31 bits per heavy atom. The predicted molar refractivity (Wildman–Crippen MR) is 102 cm³/mol. The van der Waals surface area contributed by atoms with E-state index in [2.05, 4.69) is 0 Å². The van der Waals surface area contributed by atoms with Gasteiger partial charge in [0, 0.05) is 4.92 Å². The Labute approximate surface area is 162 Å². The molecule has 0 unspecified atom stereocenters. The summed E-state index contributed by atoms with van der Waals surface area (Å²) in [6.45, 7) is 1.37. The van der Waals surface area contributed by atoms with Crippen LogP contribution in [0, 0.1) is 17.0 Å². The number of hydrogen-bond donors (Lipinski definition) is 0. The first-order chi connectivity index (χ1) is 12.1. The number of carbonyl (C=O) groups is 1. The van der Waals surface area contributed by atoms with Crippen LogP contribution in [0.1, 0.15) is 23.5 Å². The van der Waals surface area contributed by atoms with E-state index < -0.39 is 38.5 Å². The van der Waals surface area contributed by atoms with Crippen molar-refractivity contribution in [3.63, 3.8) is 0 Å². The SMILES string of the molecule is Cc1ccc([C@@H](C[N+](=O)[O-])C2(C(=O)SCC(F)(F)F)SCCCS2)cc1. The second-order valence-electron chi connectivity index (χ2n) is 5.89. The zero-order chi connectivity index (χ0) is 19.4. The topological polar surface area (TPSA) is 60.2 Å². The average molecular weight is 426 g/mol. The maximum Gasteiger partial charge on any atom is 0.398 e. The van der Waals surface area contributed by atoms with Crippen molar-refractivity contribution in [2.24, 2.45) is 0 Å². The molecule has 0 N–H and O–H groups in total. The molecule has 1 heterocycles. The number of nitrogens with zero attached hydrogens (tertiary/aromatic N) is 1. The van der Waals surface area contributed by atoms with Gasteiger partial charge in [0.1, 0.15) is 4.08 Å². The van der Waals surface area contributed by atoms with Crippen LogP contribution in [0.2, 0.25) is 0 Å². The van der Waals surface area contributed by atoms with Crippen LogP contribution in [0.3, 0.4) is 0 Å². The molecule has 1 aliphatic rings. The van der Waals surface area contributed by atoms with Gasteiger partial charge in [-0.05, 0) is 30.4 Å². The van der Waals surface area contributed by atoms with Crippen LogP contribution in [-0.2, 0) is 4.79 Å². The smallest absolute Gasteiger partial charge is 0.285 e. The van der Waals surface area contributed by atoms with E-state index in [0.29, 0.717) is 17.1 Å². The van der Waals surface area contributed by atoms with Gasteiger partial charge in [0.2, 0.25) is 11.7 Å². The van der Waals surface area contributed by atoms with Gasteiger partial charge in [-0.1, -0.05) is 41.6 Å². The fraction of sp³-hybridized carbons (Fsp3) is 0.562. The van der Waals surface area contributed by atoms with Gasteiger partial charge in [0.15, 0.2) is 0 Å². The van der Waals surface area contributed by atoms with Crippen molar-refractivity contribution < 1.29 is 22.9 Å². The van der Waals surface area contributed by atoms with Crippen molar-refractivity contribution in [2.45, 2.75) is 29.5 Å². The van der Waals surface area contributed by atoms with Gasteiger partial charge in [-0.2, -0.15) is 13.2 Å². The molecule has 1 aromatic carbocycles. The van der Waals surface area contributed by atoms with E-state index >= 15 is 0 Å². The molecule has 0 aromatic heterocycles. The lowest BCUT2D eigenvalue weighted by Gasteiger charge is -2.39. The molecule has 2 rings (SSSR count). The highest BCUT2D eigenvalue weighted by Gasteiger charge is 2.51. The van der Waals surface area contributed by atoms with Gasteiger partial charge >= 0.3 is 6.18 Å². The Morgan fingerprint density at radius 2 is 1.88 bits per heavy atom. The van der Waals surface area contributed by atoms with E-state index in [1.807, 2.05) is 6.92 Å². The Balaban J connectivity index is 2.40. The van der Waals surface area contributed by atoms with Crippen molar-refractivity contribution in [3.05, 3.63) is 45.5 Å². The lowest BCUT2D eigenvalue weighted by molar-refractivity contribution is -0.483. The molecule has 4 nitrogen and oxygen atoms in total. The molecule has 1 aromatic rings. The molecule has 1 aliphatic heterocycles. The van der Waals surface area contributed by atoms with Gasteiger partial charge in [-0.25, -0.2) is 0 Å². The minimum Gasteiger partial charge on any atom is -0.285 e. The van der Waals surface area contributed by atoms with Gasteiger partial charge in [-0.3, -0.25) is 14.9 Å². The summed E-state index contributed by atoms with van der Waals surface area (Å²) in [6, 6.07) is 7.04. The Morgan fingerprint density at radius 3 is 2.38 bits per heavy atom. The lowest BCUT2D eigenvalue weighted by atomic mass is 9.94. The third-order valence-corrected chi connectivity index (χ3v) is 8.65. The quantitative estimate of drug-likeness (QED) is 0.485. The number of carbonyl (C=O) groups excluding carboxylic acids is 1. The predicted octanol–water partition coefficient (Wildman–Crippen LogP) is 4.74. The normalized spacial score (nSPS) is 18.3.